The third-order valence-corrected chi connectivity index (χ3v) is 4.75. The summed E-state index contributed by atoms with van der Waals surface area (Å²) in [6.45, 7) is 5.37. The number of hydrogen-bond donors (Lipinski definition) is 1. The molecule has 0 spiro atoms. The fourth-order valence-corrected chi connectivity index (χ4v) is 3.14. The van der Waals surface area contributed by atoms with E-state index < -0.39 is 0 Å². The van der Waals surface area contributed by atoms with Crippen LogP contribution in [0.4, 0.5) is 5.69 Å². The molecule has 0 saturated heterocycles. The lowest BCUT2D eigenvalue weighted by molar-refractivity contribution is 0.171. The zero-order valence-electron chi connectivity index (χ0n) is 13.9. The van der Waals surface area contributed by atoms with Crippen LogP contribution in [-0.2, 0) is 7.05 Å². The standard InChI is InChI=1S/C17H20BrN3O3/c1-10(2)16(20-12-9-19-21(3)17(22)15(12)18)11-4-5-13-14(8-11)24-7-6-23-13/h4-5,8-10,16,20H,6-7H2,1-3H3. The minimum Gasteiger partial charge on any atom is -0.486 e. The van der Waals surface area contributed by atoms with Gasteiger partial charge in [-0.1, -0.05) is 19.9 Å². The summed E-state index contributed by atoms with van der Waals surface area (Å²) < 4.78 is 13.0. The molecule has 0 aliphatic carbocycles. The van der Waals surface area contributed by atoms with Gasteiger partial charge < -0.3 is 14.8 Å². The van der Waals surface area contributed by atoms with E-state index in [1.165, 1.54) is 4.68 Å². The number of fused-ring (bicyclic) bond motifs is 1. The van der Waals surface area contributed by atoms with Crippen molar-refractivity contribution < 1.29 is 9.47 Å². The van der Waals surface area contributed by atoms with Crippen LogP contribution in [0.5, 0.6) is 11.5 Å². The van der Waals surface area contributed by atoms with Crippen LogP contribution < -0.4 is 20.3 Å². The predicted octanol–water partition coefficient (Wildman–Crippen LogP) is 3.12. The highest BCUT2D eigenvalue weighted by Gasteiger charge is 2.21. The Balaban J connectivity index is 1.94. The smallest absolute Gasteiger partial charge is 0.282 e. The zero-order chi connectivity index (χ0) is 17.3. The highest BCUT2D eigenvalue weighted by Crippen LogP contribution is 2.36. The van der Waals surface area contributed by atoms with Gasteiger partial charge in [-0.25, -0.2) is 4.68 Å². The summed E-state index contributed by atoms with van der Waals surface area (Å²) >= 11 is 3.36. The van der Waals surface area contributed by atoms with Gasteiger partial charge in [0.25, 0.3) is 5.56 Å². The summed E-state index contributed by atoms with van der Waals surface area (Å²) in [6, 6.07) is 5.95. The van der Waals surface area contributed by atoms with Crippen LogP contribution in [0.25, 0.3) is 0 Å². The van der Waals surface area contributed by atoms with Gasteiger partial charge in [0.15, 0.2) is 11.5 Å². The van der Waals surface area contributed by atoms with E-state index in [1.807, 2.05) is 18.2 Å². The van der Waals surface area contributed by atoms with Crippen molar-refractivity contribution in [3.8, 4) is 11.5 Å². The molecular formula is C17H20BrN3O3. The number of rotatable bonds is 4. The monoisotopic (exact) mass is 393 g/mol. The summed E-state index contributed by atoms with van der Waals surface area (Å²) in [4.78, 5) is 12.0. The number of aryl methyl sites for hydroxylation is 1. The number of anilines is 1. The highest BCUT2D eigenvalue weighted by atomic mass is 79.9. The van der Waals surface area contributed by atoms with E-state index >= 15 is 0 Å². The summed E-state index contributed by atoms with van der Waals surface area (Å²) in [5, 5.41) is 7.50. The van der Waals surface area contributed by atoms with E-state index in [-0.39, 0.29) is 11.6 Å². The molecule has 0 saturated carbocycles. The molecule has 1 aromatic heterocycles. The van der Waals surface area contributed by atoms with E-state index in [9.17, 15) is 4.79 Å². The number of hydrogen-bond acceptors (Lipinski definition) is 5. The molecule has 1 unspecified atom stereocenters. The number of benzene rings is 1. The maximum atomic E-state index is 12.0. The molecule has 1 aliphatic rings. The van der Waals surface area contributed by atoms with E-state index in [0.717, 1.165) is 17.1 Å². The summed E-state index contributed by atoms with van der Waals surface area (Å²) in [6.07, 6.45) is 1.65. The first-order valence-corrected chi connectivity index (χ1v) is 8.64. The average Bonchev–Trinajstić information content (AvgIpc) is 2.58. The Morgan fingerprint density at radius 3 is 2.67 bits per heavy atom. The third kappa shape index (κ3) is 3.26. The van der Waals surface area contributed by atoms with Crippen LogP contribution in [0.1, 0.15) is 25.5 Å². The molecule has 0 fully saturated rings. The van der Waals surface area contributed by atoms with Gasteiger partial charge in [-0.2, -0.15) is 5.10 Å². The normalized spacial score (nSPS) is 14.5. The van der Waals surface area contributed by atoms with Crippen molar-refractivity contribution in [1.82, 2.24) is 9.78 Å². The van der Waals surface area contributed by atoms with E-state index in [2.05, 4.69) is 40.2 Å². The Bertz CT molecular complexity index is 804. The van der Waals surface area contributed by atoms with Crippen LogP contribution in [0.3, 0.4) is 0 Å². The van der Waals surface area contributed by atoms with Gasteiger partial charge in [0.05, 0.1) is 17.9 Å². The first-order valence-electron chi connectivity index (χ1n) is 7.85. The minimum absolute atomic E-state index is 0.00559. The second-order valence-corrected chi connectivity index (χ2v) is 6.86. The van der Waals surface area contributed by atoms with Crippen molar-refractivity contribution in [1.29, 1.82) is 0 Å². The molecule has 7 heteroatoms. The van der Waals surface area contributed by atoms with Crippen molar-refractivity contribution >= 4 is 21.6 Å². The largest absolute Gasteiger partial charge is 0.486 e. The van der Waals surface area contributed by atoms with Crippen LogP contribution >= 0.6 is 15.9 Å². The quantitative estimate of drug-likeness (QED) is 0.864. The molecule has 1 aliphatic heterocycles. The topological polar surface area (TPSA) is 65.4 Å². The van der Waals surface area contributed by atoms with E-state index in [0.29, 0.717) is 29.3 Å². The Kier molecular flexibility index (Phi) is 4.80. The second kappa shape index (κ2) is 6.84. The lowest BCUT2D eigenvalue weighted by Gasteiger charge is -2.26. The van der Waals surface area contributed by atoms with Crippen molar-refractivity contribution in [3.05, 3.63) is 44.8 Å². The van der Waals surface area contributed by atoms with Crippen molar-refractivity contribution in [2.24, 2.45) is 13.0 Å². The summed E-state index contributed by atoms with van der Waals surface area (Å²) in [7, 11) is 1.62. The molecule has 0 radical (unpaired) electrons. The number of ether oxygens (including phenoxy) is 2. The van der Waals surface area contributed by atoms with Gasteiger partial charge in [-0.15, -0.1) is 0 Å². The summed E-state index contributed by atoms with van der Waals surface area (Å²) in [5.74, 6) is 1.82. The Hall–Kier alpha value is -2.02. The molecule has 2 aromatic rings. The van der Waals surface area contributed by atoms with Gasteiger partial charge in [0.1, 0.15) is 17.7 Å². The van der Waals surface area contributed by atoms with Crippen LogP contribution in [0, 0.1) is 5.92 Å². The van der Waals surface area contributed by atoms with E-state index in [4.69, 9.17) is 9.47 Å². The van der Waals surface area contributed by atoms with Crippen molar-refractivity contribution in [2.45, 2.75) is 19.9 Å². The van der Waals surface area contributed by atoms with Crippen LogP contribution in [-0.4, -0.2) is 23.0 Å². The molecular weight excluding hydrogens is 374 g/mol. The summed E-state index contributed by atoms with van der Waals surface area (Å²) in [5.41, 5.74) is 1.57. The van der Waals surface area contributed by atoms with Gasteiger partial charge in [-0.3, -0.25) is 4.79 Å². The Morgan fingerprint density at radius 1 is 1.25 bits per heavy atom. The zero-order valence-corrected chi connectivity index (χ0v) is 15.5. The first-order chi connectivity index (χ1) is 11.5. The highest BCUT2D eigenvalue weighted by molar-refractivity contribution is 9.10. The first kappa shape index (κ1) is 16.8. The van der Waals surface area contributed by atoms with Gasteiger partial charge >= 0.3 is 0 Å². The SMILES string of the molecule is CC(C)C(Nc1cnn(C)c(=O)c1Br)c1ccc2c(c1)OCCO2. The third-order valence-electron chi connectivity index (χ3n) is 3.98. The molecule has 2 heterocycles. The Morgan fingerprint density at radius 2 is 1.96 bits per heavy atom. The molecule has 0 bridgehead atoms. The lowest BCUT2D eigenvalue weighted by Crippen LogP contribution is -2.24. The molecule has 1 atom stereocenters. The molecule has 24 heavy (non-hydrogen) atoms. The predicted molar refractivity (Wildman–Crippen MR) is 95.8 cm³/mol. The molecule has 6 nitrogen and oxygen atoms in total. The average molecular weight is 394 g/mol. The van der Waals surface area contributed by atoms with Gasteiger partial charge in [0, 0.05) is 7.05 Å². The second-order valence-electron chi connectivity index (χ2n) is 6.07. The van der Waals surface area contributed by atoms with E-state index in [1.54, 1.807) is 13.2 Å². The van der Waals surface area contributed by atoms with Gasteiger partial charge in [0.2, 0.25) is 0 Å². The molecule has 0 amide bonds. The number of nitrogens with one attached hydrogen (secondary N) is 1. The Labute approximate surface area is 148 Å². The fraction of sp³-hybridized carbons (Fsp3) is 0.412. The fourth-order valence-electron chi connectivity index (χ4n) is 2.67. The van der Waals surface area contributed by atoms with Crippen LogP contribution in [0.2, 0.25) is 0 Å². The number of aromatic nitrogens is 2. The van der Waals surface area contributed by atoms with Gasteiger partial charge in [-0.05, 0) is 39.5 Å². The van der Waals surface area contributed by atoms with Crippen molar-refractivity contribution in [3.63, 3.8) is 0 Å². The molecule has 128 valence electrons. The number of halogens is 1. The van der Waals surface area contributed by atoms with Crippen molar-refractivity contribution in [2.75, 3.05) is 18.5 Å². The molecule has 3 rings (SSSR count). The molecule has 1 aromatic carbocycles. The molecule has 1 N–H and O–H groups in total. The van der Waals surface area contributed by atoms with Crippen LogP contribution in [0.15, 0.2) is 33.7 Å². The number of nitrogens with zero attached hydrogens (tertiary/aromatic N) is 2. The lowest BCUT2D eigenvalue weighted by atomic mass is 9.95. The minimum atomic E-state index is -0.176. The maximum absolute atomic E-state index is 12.0. The maximum Gasteiger partial charge on any atom is 0.282 e.